The molecule has 0 aromatic rings. The number of hydrogen-bond donors (Lipinski definition) is 1. The number of amides is 1. The van der Waals surface area contributed by atoms with Gasteiger partial charge in [-0.25, -0.2) is 0 Å². The van der Waals surface area contributed by atoms with Crippen molar-refractivity contribution in [3.05, 3.63) is 0 Å². The van der Waals surface area contributed by atoms with Gasteiger partial charge in [-0.1, -0.05) is 6.42 Å². The third-order valence-electron chi connectivity index (χ3n) is 3.94. The Kier molecular flexibility index (Phi) is 5.26. The van der Waals surface area contributed by atoms with Crippen LogP contribution in [0.1, 0.15) is 52.4 Å². The molecule has 2 rings (SSSR count). The maximum atomic E-state index is 12.2. The number of carbonyl (C=O) groups is 1. The molecule has 0 spiro atoms. The summed E-state index contributed by atoms with van der Waals surface area (Å²) in [6.45, 7) is 4.23. The van der Waals surface area contributed by atoms with E-state index in [1.165, 1.54) is 19.3 Å². The van der Waals surface area contributed by atoms with Gasteiger partial charge in [-0.3, -0.25) is 4.79 Å². The van der Waals surface area contributed by atoms with Gasteiger partial charge < -0.3 is 10.6 Å². The third kappa shape index (κ3) is 3.59. The maximum absolute atomic E-state index is 12.2. The molecule has 2 atom stereocenters. The molecule has 100 valence electrons. The molecule has 0 radical (unpaired) electrons. The van der Waals surface area contributed by atoms with E-state index in [1.54, 1.807) is 0 Å². The van der Waals surface area contributed by atoms with Crippen LogP contribution in [0, 0.1) is 5.92 Å². The Bertz CT molecular complexity index is 264. The van der Waals surface area contributed by atoms with Crippen LogP contribution in [0.2, 0.25) is 0 Å². The van der Waals surface area contributed by atoms with E-state index in [-0.39, 0.29) is 18.4 Å². The highest BCUT2D eigenvalue weighted by Crippen LogP contribution is 2.32. The molecule has 0 aromatic carbocycles. The average molecular weight is 261 g/mol. The average Bonchev–Trinajstić information content (AvgIpc) is 2.93. The standard InChI is InChI=1S/C13H24N2O.ClH/c1-9(2)15(11-6-7-11)13(16)8-10-4-3-5-12(10)14;/h9-12H,3-8,14H2,1-2H3;1H/t10-,12+;/m0./s1. The van der Waals surface area contributed by atoms with Gasteiger partial charge in [0.25, 0.3) is 0 Å². The first-order chi connectivity index (χ1) is 7.59. The second-order valence-electron chi connectivity index (χ2n) is 5.68. The quantitative estimate of drug-likeness (QED) is 0.843. The summed E-state index contributed by atoms with van der Waals surface area (Å²) in [5, 5.41) is 0. The van der Waals surface area contributed by atoms with Crippen LogP contribution in [0.3, 0.4) is 0 Å². The summed E-state index contributed by atoms with van der Waals surface area (Å²) in [5.74, 6) is 0.771. The zero-order valence-electron chi connectivity index (χ0n) is 10.9. The highest BCUT2D eigenvalue weighted by molar-refractivity contribution is 5.85. The van der Waals surface area contributed by atoms with Crippen LogP contribution in [0.4, 0.5) is 0 Å². The maximum Gasteiger partial charge on any atom is 0.223 e. The van der Waals surface area contributed by atoms with E-state index in [0.717, 1.165) is 12.8 Å². The molecule has 2 aliphatic rings. The van der Waals surface area contributed by atoms with Crippen molar-refractivity contribution in [3.63, 3.8) is 0 Å². The van der Waals surface area contributed by atoms with Crippen molar-refractivity contribution >= 4 is 18.3 Å². The van der Waals surface area contributed by atoms with E-state index in [1.807, 2.05) is 0 Å². The summed E-state index contributed by atoms with van der Waals surface area (Å²) in [7, 11) is 0. The zero-order chi connectivity index (χ0) is 11.7. The summed E-state index contributed by atoms with van der Waals surface area (Å²) in [4.78, 5) is 14.3. The van der Waals surface area contributed by atoms with Gasteiger partial charge in [-0.15, -0.1) is 12.4 Å². The normalized spacial score (nSPS) is 28.0. The monoisotopic (exact) mass is 260 g/mol. The van der Waals surface area contributed by atoms with Crippen LogP contribution in [0.25, 0.3) is 0 Å². The molecule has 0 aromatic heterocycles. The van der Waals surface area contributed by atoms with Crippen LogP contribution in [0.15, 0.2) is 0 Å². The molecule has 3 nitrogen and oxygen atoms in total. The lowest BCUT2D eigenvalue weighted by Crippen LogP contribution is -2.41. The Morgan fingerprint density at radius 2 is 1.94 bits per heavy atom. The number of halogens is 1. The Morgan fingerprint density at radius 1 is 1.29 bits per heavy atom. The first-order valence-corrected chi connectivity index (χ1v) is 6.66. The molecule has 2 saturated carbocycles. The topological polar surface area (TPSA) is 46.3 Å². The van der Waals surface area contributed by atoms with Gasteiger partial charge in [0, 0.05) is 24.5 Å². The molecule has 0 unspecified atom stereocenters. The van der Waals surface area contributed by atoms with Crippen LogP contribution >= 0.6 is 12.4 Å². The molecule has 0 heterocycles. The van der Waals surface area contributed by atoms with Crippen molar-refractivity contribution in [3.8, 4) is 0 Å². The number of hydrogen-bond acceptors (Lipinski definition) is 2. The number of rotatable bonds is 4. The first kappa shape index (κ1) is 14.8. The van der Waals surface area contributed by atoms with Crippen molar-refractivity contribution in [2.75, 3.05) is 0 Å². The van der Waals surface area contributed by atoms with Gasteiger partial charge in [0.15, 0.2) is 0 Å². The molecule has 0 saturated heterocycles. The molecule has 17 heavy (non-hydrogen) atoms. The Hall–Kier alpha value is -0.280. The second-order valence-corrected chi connectivity index (χ2v) is 5.68. The number of nitrogens with zero attached hydrogens (tertiary/aromatic N) is 1. The first-order valence-electron chi connectivity index (χ1n) is 6.66. The zero-order valence-corrected chi connectivity index (χ0v) is 11.7. The summed E-state index contributed by atoms with van der Waals surface area (Å²) in [6, 6.07) is 1.14. The van der Waals surface area contributed by atoms with E-state index in [0.29, 0.717) is 30.3 Å². The summed E-state index contributed by atoms with van der Waals surface area (Å²) in [6.07, 6.45) is 6.51. The van der Waals surface area contributed by atoms with Crippen molar-refractivity contribution in [1.82, 2.24) is 4.90 Å². The Morgan fingerprint density at radius 3 is 2.35 bits per heavy atom. The predicted octanol–water partition coefficient (Wildman–Crippen LogP) is 2.33. The summed E-state index contributed by atoms with van der Waals surface area (Å²) in [5.41, 5.74) is 6.02. The molecule has 2 fully saturated rings. The number of carbonyl (C=O) groups excluding carboxylic acids is 1. The predicted molar refractivity (Wildman–Crippen MR) is 72.2 cm³/mol. The second kappa shape index (κ2) is 6.05. The smallest absolute Gasteiger partial charge is 0.223 e. The van der Waals surface area contributed by atoms with Crippen LogP contribution < -0.4 is 5.73 Å². The van der Waals surface area contributed by atoms with Crippen molar-refractivity contribution in [2.24, 2.45) is 11.7 Å². The van der Waals surface area contributed by atoms with Gasteiger partial charge in [0.1, 0.15) is 0 Å². The molecule has 1 amide bonds. The van der Waals surface area contributed by atoms with Crippen LogP contribution in [-0.2, 0) is 4.79 Å². The minimum absolute atomic E-state index is 0. The van der Waals surface area contributed by atoms with Crippen molar-refractivity contribution in [2.45, 2.75) is 70.5 Å². The lowest BCUT2D eigenvalue weighted by atomic mass is 9.99. The lowest BCUT2D eigenvalue weighted by molar-refractivity contribution is -0.134. The molecular weight excluding hydrogens is 236 g/mol. The SMILES string of the molecule is CC(C)N(C(=O)C[C@@H]1CCC[C@H]1N)C1CC1.Cl. The highest BCUT2D eigenvalue weighted by Gasteiger charge is 2.36. The molecule has 0 aliphatic heterocycles. The van der Waals surface area contributed by atoms with E-state index in [4.69, 9.17) is 5.73 Å². The summed E-state index contributed by atoms with van der Waals surface area (Å²) < 4.78 is 0. The minimum atomic E-state index is 0. The van der Waals surface area contributed by atoms with Gasteiger partial charge >= 0.3 is 0 Å². The van der Waals surface area contributed by atoms with Crippen LogP contribution in [-0.4, -0.2) is 28.9 Å². The van der Waals surface area contributed by atoms with Gasteiger partial charge in [-0.2, -0.15) is 0 Å². The molecule has 2 aliphatic carbocycles. The van der Waals surface area contributed by atoms with Gasteiger partial charge in [0.2, 0.25) is 5.91 Å². The Balaban J connectivity index is 0.00000144. The van der Waals surface area contributed by atoms with E-state index >= 15 is 0 Å². The number of nitrogens with two attached hydrogens (primary N) is 1. The lowest BCUT2D eigenvalue weighted by Gasteiger charge is -2.28. The minimum Gasteiger partial charge on any atom is -0.337 e. The Labute approximate surface area is 111 Å². The van der Waals surface area contributed by atoms with Gasteiger partial charge in [-0.05, 0) is 45.4 Å². The van der Waals surface area contributed by atoms with E-state index in [9.17, 15) is 4.79 Å². The third-order valence-corrected chi connectivity index (χ3v) is 3.94. The van der Waals surface area contributed by atoms with E-state index < -0.39 is 0 Å². The fourth-order valence-corrected chi connectivity index (χ4v) is 2.91. The van der Waals surface area contributed by atoms with Crippen molar-refractivity contribution in [1.29, 1.82) is 0 Å². The largest absolute Gasteiger partial charge is 0.337 e. The van der Waals surface area contributed by atoms with E-state index in [2.05, 4.69) is 18.7 Å². The fraction of sp³-hybridized carbons (Fsp3) is 0.923. The molecule has 0 bridgehead atoms. The van der Waals surface area contributed by atoms with Gasteiger partial charge in [0.05, 0.1) is 0 Å². The highest BCUT2D eigenvalue weighted by atomic mass is 35.5. The summed E-state index contributed by atoms with van der Waals surface area (Å²) >= 11 is 0. The molecule has 4 heteroatoms. The van der Waals surface area contributed by atoms with Crippen molar-refractivity contribution < 1.29 is 4.79 Å². The molecular formula is C13H25ClN2O. The molecule has 2 N–H and O–H groups in total. The fourth-order valence-electron chi connectivity index (χ4n) is 2.91. The van der Waals surface area contributed by atoms with Crippen LogP contribution in [0.5, 0.6) is 0 Å².